The molecular formula is C15H18N2O3. The zero-order valence-corrected chi connectivity index (χ0v) is 11.7. The van der Waals surface area contributed by atoms with Crippen molar-refractivity contribution in [2.75, 3.05) is 13.2 Å². The Morgan fingerprint density at radius 2 is 2.05 bits per heavy atom. The van der Waals surface area contributed by atoms with Gasteiger partial charge in [0.15, 0.2) is 0 Å². The van der Waals surface area contributed by atoms with Crippen LogP contribution in [0.1, 0.15) is 23.8 Å². The van der Waals surface area contributed by atoms with Crippen LogP contribution in [0, 0.1) is 0 Å². The van der Waals surface area contributed by atoms with Crippen LogP contribution in [0.4, 0.5) is 0 Å². The second-order valence-corrected chi connectivity index (χ2v) is 4.62. The summed E-state index contributed by atoms with van der Waals surface area (Å²) in [5.74, 6) is -0.420. The van der Waals surface area contributed by atoms with Gasteiger partial charge in [-0.3, -0.25) is 4.79 Å². The number of hydrogen-bond acceptors (Lipinski definition) is 3. The second-order valence-electron chi connectivity index (χ2n) is 4.62. The highest BCUT2D eigenvalue weighted by Crippen LogP contribution is 2.18. The minimum atomic E-state index is -0.341. The Morgan fingerprint density at radius 3 is 2.75 bits per heavy atom. The summed E-state index contributed by atoms with van der Waals surface area (Å²) in [7, 11) is 1.84. The van der Waals surface area contributed by atoms with E-state index in [2.05, 4.69) is 5.32 Å². The van der Waals surface area contributed by atoms with Gasteiger partial charge in [-0.05, 0) is 18.6 Å². The van der Waals surface area contributed by atoms with Crippen molar-refractivity contribution in [2.45, 2.75) is 13.3 Å². The normalized spacial score (nSPS) is 10.5. The maximum absolute atomic E-state index is 12.0. The molecule has 0 aliphatic carbocycles. The Balaban J connectivity index is 1.94. The lowest BCUT2D eigenvalue weighted by atomic mass is 10.2. The number of rotatable bonds is 5. The van der Waals surface area contributed by atoms with Gasteiger partial charge in [0.1, 0.15) is 5.69 Å². The van der Waals surface area contributed by atoms with E-state index in [0.29, 0.717) is 25.3 Å². The monoisotopic (exact) mass is 274 g/mol. The molecule has 2 aromatic rings. The molecule has 5 nitrogen and oxygen atoms in total. The first kappa shape index (κ1) is 14.1. The largest absolute Gasteiger partial charge is 0.461 e. The van der Waals surface area contributed by atoms with Gasteiger partial charge in [-0.2, -0.15) is 0 Å². The van der Waals surface area contributed by atoms with E-state index < -0.39 is 0 Å². The fraction of sp³-hybridized carbons (Fsp3) is 0.333. The molecule has 0 spiro atoms. The van der Waals surface area contributed by atoms with Crippen molar-refractivity contribution in [1.29, 1.82) is 0 Å². The van der Waals surface area contributed by atoms with Crippen molar-refractivity contribution >= 4 is 22.8 Å². The van der Waals surface area contributed by atoms with Crippen LogP contribution in [0.2, 0.25) is 0 Å². The number of hydrogen-bond donors (Lipinski definition) is 1. The van der Waals surface area contributed by atoms with Crippen molar-refractivity contribution in [3.8, 4) is 0 Å². The molecule has 1 heterocycles. The summed E-state index contributed by atoms with van der Waals surface area (Å²) in [6.45, 7) is 2.26. The molecular weight excluding hydrogens is 256 g/mol. The number of fused-ring (bicyclic) bond motifs is 1. The van der Waals surface area contributed by atoms with Gasteiger partial charge in [0.2, 0.25) is 5.91 Å². The molecule has 0 aliphatic heterocycles. The minimum Gasteiger partial charge on any atom is -0.461 e. The van der Waals surface area contributed by atoms with Gasteiger partial charge in [-0.1, -0.05) is 18.2 Å². The van der Waals surface area contributed by atoms with Crippen LogP contribution in [-0.2, 0) is 16.6 Å². The number of aromatic nitrogens is 1. The van der Waals surface area contributed by atoms with Gasteiger partial charge in [0.05, 0.1) is 6.61 Å². The second kappa shape index (κ2) is 6.23. The van der Waals surface area contributed by atoms with Crippen LogP contribution in [0.5, 0.6) is 0 Å². The number of benzene rings is 1. The van der Waals surface area contributed by atoms with Gasteiger partial charge < -0.3 is 14.6 Å². The summed E-state index contributed by atoms with van der Waals surface area (Å²) in [6, 6.07) is 9.62. The van der Waals surface area contributed by atoms with Gasteiger partial charge in [0, 0.05) is 31.4 Å². The average molecular weight is 274 g/mol. The number of nitrogens with one attached hydrogen (secondary N) is 1. The topological polar surface area (TPSA) is 60.3 Å². The molecule has 1 aromatic carbocycles. The number of ether oxygens (including phenoxy) is 1. The molecule has 0 unspecified atom stereocenters. The summed E-state index contributed by atoms with van der Waals surface area (Å²) in [4.78, 5) is 22.7. The zero-order chi connectivity index (χ0) is 14.5. The number of nitrogens with zero attached hydrogens (tertiary/aromatic N) is 1. The standard InChI is InChI=1S/C15H18N2O3/c1-11(18)16-8-5-9-20-15(19)14-10-12-6-3-4-7-13(12)17(14)2/h3-4,6-7,10H,5,8-9H2,1-2H3,(H,16,18). The van der Waals surface area contributed by atoms with Crippen LogP contribution < -0.4 is 5.32 Å². The third kappa shape index (κ3) is 3.17. The summed E-state index contributed by atoms with van der Waals surface area (Å²) >= 11 is 0. The first-order chi connectivity index (χ1) is 9.59. The first-order valence-corrected chi connectivity index (χ1v) is 6.55. The molecule has 1 N–H and O–H groups in total. The Morgan fingerprint density at radius 1 is 1.30 bits per heavy atom. The maximum atomic E-state index is 12.0. The molecule has 0 atom stereocenters. The third-order valence-corrected chi connectivity index (χ3v) is 3.09. The SMILES string of the molecule is CC(=O)NCCCOC(=O)c1cc2ccccc2n1C. The quantitative estimate of drug-likeness (QED) is 0.668. The molecule has 1 amide bonds. The fourth-order valence-electron chi connectivity index (χ4n) is 2.06. The predicted octanol–water partition coefficient (Wildman–Crippen LogP) is 1.86. The molecule has 1 aromatic heterocycles. The predicted molar refractivity (Wildman–Crippen MR) is 76.5 cm³/mol. The molecule has 0 saturated heterocycles. The van der Waals surface area contributed by atoms with E-state index in [-0.39, 0.29) is 11.9 Å². The number of esters is 1. The molecule has 0 bridgehead atoms. The highest BCUT2D eigenvalue weighted by Gasteiger charge is 2.14. The van der Waals surface area contributed by atoms with E-state index in [1.807, 2.05) is 41.9 Å². The van der Waals surface area contributed by atoms with E-state index in [1.54, 1.807) is 0 Å². The molecule has 0 saturated carbocycles. The number of amides is 1. The Bertz CT molecular complexity index is 631. The number of aryl methyl sites for hydroxylation is 1. The van der Waals surface area contributed by atoms with Gasteiger partial charge in [-0.25, -0.2) is 4.79 Å². The van der Waals surface area contributed by atoms with E-state index >= 15 is 0 Å². The minimum absolute atomic E-state index is 0.0787. The van der Waals surface area contributed by atoms with Gasteiger partial charge >= 0.3 is 5.97 Å². The molecule has 0 fully saturated rings. The van der Waals surface area contributed by atoms with Crippen LogP contribution >= 0.6 is 0 Å². The highest BCUT2D eigenvalue weighted by atomic mass is 16.5. The fourth-order valence-corrected chi connectivity index (χ4v) is 2.06. The van der Waals surface area contributed by atoms with E-state index in [9.17, 15) is 9.59 Å². The van der Waals surface area contributed by atoms with Crippen LogP contribution in [0.3, 0.4) is 0 Å². The van der Waals surface area contributed by atoms with Crippen molar-refractivity contribution < 1.29 is 14.3 Å². The Hall–Kier alpha value is -2.30. The Kier molecular flexibility index (Phi) is 4.40. The third-order valence-electron chi connectivity index (χ3n) is 3.09. The lowest BCUT2D eigenvalue weighted by Gasteiger charge is -2.06. The van der Waals surface area contributed by atoms with E-state index in [0.717, 1.165) is 10.9 Å². The first-order valence-electron chi connectivity index (χ1n) is 6.55. The highest BCUT2D eigenvalue weighted by molar-refractivity contribution is 5.95. The van der Waals surface area contributed by atoms with Crippen molar-refractivity contribution in [1.82, 2.24) is 9.88 Å². The van der Waals surface area contributed by atoms with Crippen LogP contribution in [-0.4, -0.2) is 29.6 Å². The van der Waals surface area contributed by atoms with Crippen LogP contribution in [0.25, 0.3) is 10.9 Å². The zero-order valence-electron chi connectivity index (χ0n) is 11.7. The van der Waals surface area contributed by atoms with Crippen LogP contribution in [0.15, 0.2) is 30.3 Å². The lowest BCUT2D eigenvalue weighted by Crippen LogP contribution is -2.22. The van der Waals surface area contributed by atoms with E-state index in [4.69, 9.17) is 4.74 Å². The number of carbonyl (C=O) groups excluding carboxylic acids is 2. The van der Waals surface area contributed by atoms with Crippen molar-refractivity contribution in [3.63, 3.8) is 0 Å². The van der Waals surface area contributed by atoms with E-state index in [1.165, 1.54) is 6.92 Å². The molecule has 0 aliphatic rings. The summed E-state index contributed by atoms with van der Waals surface area (Å²) in [5, 5.41) is 3.67. The molecule has 0 radical (unpaired) electrons. The molecule has 5 heteroatoms. The van der Waals surface area contributed by atoms with Gasteiger partial charge in [-0.15, -0.1) is 0 Å². The average Bonchev–Trinajstić information content (AvgIpc) is 2.76. The summed E-state index contributed by atoms with van der Waals surface area (Å²) in [6.07, 6.45) is 0.606. The lowest BCUT2D eigenvalue weighted by molar-refractivity contribution is -0.118. The summed E-state index contributed by atoms with van der Waals surface area (Å²) < 4.78 is 7.03. The maximum Gasteiger partial charge on any atom is 0.354 e. The molecule has 20 heavy (non-hydrogen) atoms. The smallest absolute Gasteiger partial charge is 0.354 e. The molecule has 2 rings (SSSR count). The summed E-state index contributed by atoms with van der Waals surface area (Å²) in [5.41, 5.74) is 1.53. The Labute approximate surface area is 117 Å². The van der Waals surface area contributed by atoms with Gasteiger partial charge in [0.25, 0.3) is 0 Å². The van der Waals surface area contributed by atoms with Crippen molar-refractivity contribution in [2.24, 2.45) is 7.05 Å². The van der Waals surface area contributed by atoms with Crippen molar-refractivity contribution in [3.05, 3.63) is 36.0 Å². The number of carbonyl (C=O) groups is 2. The molecule has 106 valence electrons. The number of para-hydroxylation sites is 1.